The van der Waals surface area contributed by atoms with Gasteiger partial charge in [0.15, 0.2) is 11.5 Å². The second-order valence-electron chi connectivity index (χ2n) is 6.64. The Morgan fingerprint density at radius 2 is 1.61 bits per heavy atom. The zero-order valence-electron chi connectivity index (χ0n) is 17.2. The van der Waals surface area contributed by atoms with Crippen molar-refractivity contribution in [2.45, 2.75) is 13.5 Å². The molecule has 0 aliphatic carbocycles. The van der Waals surface area contributed by atoms with Crippen LogP contribution in [-0.4, -0.2) is 32.2 Å². The van der Waals surface area contributed by atoms with Gasteiger partial charge in [0.2, 0.25) is 10.0 Å². The topological polar surface area (TPSA) is 107 Å². The molecule has 162 valence electrons. The highest BCUT2D eigenvalue weighted by atomic mass is 32.2. The smallest absolute Gasteiger partial charge is 0.255 e. The summed E-state index contributed by atoms with van der Waals surface area (Å²) in [6.07, 6.45) is 4.46. The summed E-state index contributed by atoms with van der Waals surface area (Å²) in [4.78, 5) is 16.6. The van der Waals surface area contributed by atoms with Crippen molar-refractivity contribution in [2.24, 2.45) is 0 Å². The molecule has 1 aromatic heterocycles. The van der Waals surface area contributed by atoms with Crippen LogP contribution in [0, 0.1) is 0 Å². The molecular formula is C22H23N3O5S. The third kappa shape index (κ3) is 6.71. The molecule has 3 aromatic rings. The predicted octanol–water partition coefficient (Wildman–Crippen LogP) is 3.68. The lowest BCUT2D eigenvalue weighted by atomic mass is 10.1. The molecule has 1 amide bonds. The molecule has 2 aromatic carbocycles. The van der Waals surface area contributed by atoms with Gasteiger partial charge in [0, 0.05) is 29.3 Å². The number of carbonyl (C=O) groups excluding carboxylic acids is 1. The zero-order valence-corrected chi connectivity index (χ0v) is 18.0. The molecule has 0 saturated heterocycles. The van der Waals surface area contributed by atoms with E-state index in [1.165, 1.54) is 0 Å². The fourth-order valence-electron chi connectivity index (χ4n) is 2.72. The van der Waals surface area contributed by atoms with Crippen molar-refractivity contribution in [3.05, 3.63) is 78.1 Å². The minimum absolute atomic E-state index is 0.328. The van der Waals surface area contributed by atoms with Gasteiger partial charge in [0.05, 0.1) is 12.9 Å². The van der Waals surface area contributed by atoms with E-state index in [1.54, 1.807) is 54.9 Å². The van der Waals surface area contributed by atoms with Gasteiger partial charge < -0.3 is 14.8 Å². The van der Waals surface area contributed by atoms with Crippen LogP contribution in [0.25, 0.3) is 0 Å². The second kappa shape index (κ2) is 9.94. The number of anilines is 2. The molecule has 2 N–H and O–H groups in total. The van der Waals surface area contributed by atoms with Crippen LogP contribution < -0.4 is 19.5 Å². The average molecular weight is 442 g/mol. The summed E-state index contributed by atoms with van der Waals surface area (Å²) in [5, 5.41) is 2.78. The Kier molecular flexibility index (Phi) is 7.09. The molecule has 0 saturated carbocycles. The number of nitrogens with zero attached hydrogens (tertiary/aromatic N) is 1. The number of amides is 1. The Bertz CT molecular complexity index is 1130. The molecule has 0 aliphatic heterocycles. The van der Waals surface area contributed by atoms with Gasteiger partial charge >= 0.3 is 0 Å². The number of hydrogen-bond acceptors (Lipinski definition) is 6. The van der Waals surface area contributed by atoms with Gasteiger partial charge in [-0.25, -0.2) is 8.42 Å². The molecule has 31 heavy (non-hydrogen) atoms. The second-order valence-corrected chi connectivity index (χ2v) is 8.39. The summed E-state index contributed by atoms with van der Waals surface area (Å²) < 4.78 is 36.4. The molecule has 0 aliphatic rings. The molecule has 0 atom stereocenters. The van der Waals surface area contributed by atoms with Gasteiger partial charge in [-0.2, -0.15) is 0 Å². The summed E-state index contributed by atoms with van der Waals surface area (Å²) in [6, 6.07) is 15.1. The fraction of sp³-hybridized carbons (Fsp3) is 0.182. The SMILES string of the molecule is CCOc1cc(C(=O)Nc2ccc(NS(C)(=O)=O)cc2)ccc1OCc1ccncc1. The van der Waals surface area contributed by atoms with Crippen LogP contribution in [0.3, 0.4) is 0 Å². The lowest BCUT2D eigenvalue weighted by Crippen LogP contribution is -2.13. The van der Waals surface area contributed by atoms with Crippen molar-refractivity contribution in [1.29, 1.82) is 0 Å². The first-order valence-corrected chi connectivity index (χ1v) is 11.4. The number of sulfonamides is 1. The van der Waals surface area contributed by atoms with E-state index in [1.807, 2.05) is 19.1 Å². The van der Waals surface area contributed by atoms with Crippen molar-refractivity contribution in [3.8, 4) is 11.5 Å². The lowest BCUT2D eigenvalue weighted by molar-refractivity contribution is 0.102. The molecule has 0 bridgehead atoms. The summed E-state index contributed by atoms with van der Waals surface area (Å²) in [5.41, 5.74) is 2.31. The number of nitrogens with one attached hydrogen (secondary N) is 2. The minimum atomic E-state index is -3.36. The number of carbonyl (C=O) groups is 1. The first-order valence-electron chi connectivity index (χ1n) is 9.52. The average Bonchev–Trinajstić information content (AvgIpc) is 2.74. The molecule has 9 heteroatoms. The van der Waals surface area contributed by atoms with E-state index in [4.69, 9.17) is 9.47 Å². The van der Waals surface area contributed by atoms with Crippen molar-refractivity contribution in [2.75, 3.05) is 22.9 Å². The Hall–Kier alpha value is -3.59. The normalized spacial score (nSPS) is 10.9. The van der Waals surface area contributed by atoms with Crippen LogP contribution in [0.1, 0.15) is 22.8 Å². The van der Waals surface area contributed by atoms with E-state index < -0.39 is 10.0 Å². The maximum absolute atomic E-state index is 12.6. The third-order valence-electron chi connectivity index (χ3n) is 4.10. The minimum Gasteiger partial charge on any atom is -0.490 e. The lowest BCUT2D eigenvalue weighted by Gasteiger charge is -2.14. The van der Waals surface area contributed by atoms with Gasteiger partial charge in [-0.1, -0.05) is 0 Å². The Morgan fingerprint density at radius 1 is 0.935 bits per heavy atom. The van der Waals surface area contributed by atoms with Gasteiger partial charge in [-0.3, -0.25) is 14.5 Å². The van der Waals surface area contributed by atoms with Crippen LogP contribution in [-0.2, 0) is 16.6 Å². The Labute approximate surface area is 181 Å². The molecule has 0 spiro atoms. The van der Waals surface area contributed by atoms with Crippen LogP contribution in [0.15, 0.2) is 67.0 Å². The highest BCUT2D eigenvalue weighted by Gasteiger charge is 2.13. The summed E-state index contributed by atoms with van der Waals surface area (Å²) >= 11 is 0. The molecule has 0 unspecified atom stereocenters. The van der Waals surface area contributed by atoms with E-state index in [0.717, 1.165) is 11.8 Å². The quantitative estimate of drug-likeness (QED) is 0.525. The molecule has 1 heterocycles. The van der Waals surface area contributed by atoms with Crippen LogP contribution in [0.5, 0.6) is 11.5 Å². The van der Waals surface area contributed by atoms with Crippen LogP contribution in [0.4, 0.5) is 11.4 Å². The highest BCUT2D eigenvalue weighted by Crippen LogP contribution is 2.29. The van der Waals surface area contributed by atoms with Crippen molar-refractivity contribution in [1.82, 2.24) is 4.98 Å². The first kappa shape index (κ1) is 22.1. The van der Waals surface area contributed by atoms with Crippen molar-refractivity contribution >= 4 is 27.3 Å². The highest BCUT2D eigenvalue weighted by molar-refractivity contribution is 7.92. The summed E-state index contributed by atoms with van der Waals surface area (Å²) in [7, 11) is -3.36. The number of ether oxygens (including phenoxy) is 2. The predicted molar refractivity (Wildman–Crippen MR) is 119 cm³/mol. The van der Waals surface area contributed by atoms with Gasteiger partial charge in [0.25, 0.3) is 5.91 Å². The third-order valence-corrected chi connectivity index (χ3v) is 4.70. The fourth-order valence-corrected chi connectivity index (χ4v) is 3.28. The number of pyridine rings is 1. The maximum atomic E-state index is 12.6. The van der Waals surface area contributed by atoms with E-state index in [-0.39, 0.29) is 5.91 Å². The number of rotatable bonds is 9. The number of benzene rings is 2. The Balaban J connectivity index is 1.69. The Morgan fingerprint density at radius 3 is 2.26 bits per heavy atom. The molecule has 8 nitrogen and oxygen atoms in total. The molecule has 0 fully saturated rings. The van der Waals surface area contributed by atoms with Gasteiger partial charge in [0.1, 0.15) is 6.61 Å². The summed E-state index contributed by atoms with van der Waals surface area (Å²) in [5.74, 6) is 0.675. The molecular weight excluding hydrogens is 418 g/mol. The monoisotopic (exact) mass is 441 g/mol. The van der Waals surface area contributed by atoms with E-state index in [9.17, 15) is 13.2 Å². The molecule has 3 rings (SSSR count). The largest absolute Gasteiger partial charge is 0.490 e. The number of hydrogen-bond donors (Lipinski definition) is 2. The van der Waals surface area contributed by atoms with Crippen LogP contribution >= 0.6 is 0 Å². The van der Waals surface area contributed by atoms with E-state index in [2.05, 4.69) is 15.0 Å². The van der Waals surface area contributed by atoms with E-state index in [0.29, 0.717) is 41.7 Å². The molecule has 0 radical (unpaired) electrons. The standard InChI is InChI=1S/C22H23N3O5S/c1-3-29-21-14-17(4-9-20(21)30-15-16-10-12-23-13-11-16)22(26)24-18-5-7-19(8-6-18)25-31(2,27)28/h4-14,25H,3,15H2,1-2H3,(H,24,26). The maximum Gasteiger partial charge on any atom is 0.255 e. The van der Waals surface area contributed by atoms with Crippen molar-refractivity contribution in [3.63, 3.8) is 0 Å². The first-order chi connectivity index (χ1) is 14.8. The van der Waals surface area contributed by atoms with Crippen molar-refractivity contribution < 1.29 is 22.7 Å². The van der Waals surface area contributed by atoms with E-state index >= 15 is 0 Å². The zero-order chi connectivity index (χ0) is 22.3. The summed E-state index contributed by atoms with van der Waals surface area (Å²) in [6.45, 7) is 2.62. The van der Waals surface area contributed by atoms with Crippen LogP contribution in [0.2, 0.25) is 0 Å². The van der Waals surface area contributed by atoms with Gasteiger partial charge in [-0.05, 0) is 67.1 Å². The number of aromatic nitrogens is 1. The van der Waals surface area contributed by atoms with Gasteiger partial charge in [-0.15, -0.1) is 0 Å².